The van der Waals surface area contributed by atoms with Gasteiger partial charge in [0, 0.05) is 0 Å². The van der Waals surface area contributed by atoms with E-state index in [1.54, 1.807) is 0 Å². The van der Waals surface area contributed by atoms with Crippen LogP contribution in [-0.4, -0.2) is 21.6 Å². The molecule has 0 bridgehead atoms. The van der Waals surface area contributed by atoms with Crippen molar-refractivity contribution in [1.29, 1.82) is 0 Å². The number of ether oxygens (including phenoxy) is 1. The monoisotopic (exact) mass is 178 g/mol. The minimum absolute atomic E-state index is 0.0863. The molecule has 1 N–H and O–H groups in total. The van der Waals surface area contributed by atoms with E-state index in [1.165, 1.54) is 6.92 Å². The van der Waals surface area contributed by atoms with Crippen molar-refractivity contribution in [2.75, 3.05) is 6.61 Å². The molecule has 68 valence electrons. The molecular weight excluding hydrogens is 172 g/mol. The van der Waals surface area contributed by atoms with E-state index in [9.17, 15) is 20.2 Å². The summed E-state index contributed by atoms with van der Waals surface area (Å²) >= 11 is 0. The first-order valence-electron chi connectivity index (χ1n) is 2.85. The summed E-state index contributed by atoms with van der Waals surface area (Å²) in [6, 6.07) is 0. The van der Waals surface area contributed by atoms with E-state index >= 15 is 0 Å². The minimum Gasteiger partial charge on any atom is -0.471 e. The van der Waals surface area contributed by atoms with Gasteiger partial charge in [0.25, 0.3) is 0 Å². The van der Waals surface area contributed by atoms with Crippen molar-refractivity contribution >= 4 is 0 Å². The molecule has 0 spiro atoms. The molecule has 12 heavy (non-hydrogen) atoms. The van der Waals surface area contributed by atoms with Gasteiger partial charge in [0.1, 0.15) is 9.85 Å². The summed E-state index contributed by atoms with van der Waals surface area (Å²) in [6.07, 6.45) is 0. The highest BCUT2D eigenvalue weighted by molar-refractivity contribution is 4.80. The molecule has 8 heteroatoms. The standard InChI is InChI=1S/C4H6N2O6/c1-2-12-4(7)3(5(8)9)6(10)11/h7H,2H2,1H3. The number of hydrogen-bond donors (Lipinski definition) is 1. The van der Waals surface area contributed by atoms with Crippen molar-refractivity contribution in [3.63, 3.8) is 0 Å². The number of nitro groups is 2. The fraction of sp³-hybridized carbons (Fsp3) is 0.500. The van der Waals surface area contributed by atoms with Crippen LogP contribution in [0.5, 0.6) is 0 Å². The Morgan fingerprint density at radius 1 is 1.42 bits per heavy atom. The SMILES string of the molecule is CCOC(O)=C([N+](=O)[O-])[N+](=O)[O-]. The molecule has 0 fully saturated rings. The molecule has 0 aromatic rings. The summed E-state index contributed by atoms with van der Waals surface area (Å²) in [5.41, 5.74) is 0. The molecule has 0 aliphatic carbocycles. The Bertz CT molecular complexity index is 218. The molecule has 0 radical (unpaired) electrons. The third-order valence-corrected chi connectivity index (χ3v) is 0.818. The van der Waals surface area contributed by atoms with Crippen LogP contribution in [0.1, 0.15) is 6.92 Å². The fourth-order valence-electron chi connectivity index (χ4n) is 0.424. The van der Waals surface area contributed by atoms with Gasteiger partial charge in [-0.3, -0.25) is 20.2 Å². The molecule has 0 heterocycles. The highest BCUT2D eigenvalue weighted by Gasteiger charge is 2.34. The second kappa shape index (κ2) is 4.11. The quantitative estimate of drug-likeness (QED) is 0.375. The maximum Gasteiger partial charge on any atom is 0.640 e. The highest BCUT2D eigenvalue weighted by atomic mass is 16.7. The second-order valence-corrected chi connectivity index (χ2v) is 1.58. The first kappa shape index (κ1) is 10.1. The molecule has 0 saturated heterocycles. The minimum atomic E-state index is -1.56. The molecule has 0 aliphatic rings. The zero-order valence-corrected chi connectivity index (χ0v) is 6.09. The van der Waals surface area contributed by atoms with Gasteiger partial charge in [-0.05, 0) is 6.92 Å². The Kier molecular flexibility index (Phi) is 3.47. The van der Waals surface area contributed by atoms with Gasteiger partial charge in [-0.1, -0.05) is 0 Å². The summed E-state index contributed by atoms with van der Waals surface area (Å²) in [6.45, 7) is 1.34. The fourth-order valence-corrected chi connectivity index (χ4v) is 0.424. The Labute approximate surface area is 66.4 Å². The van der Waals surface area contributed by atoms with Crippen LogP contribution >= 0.6 is 0 Å². The van der Waals surface area contributed by atoms with Gasteiger partial charge in [-0.25, -0.2) is 0 Å². The van der Waals surface area contributed by atoms with Crippen LogP contribution in [0, 0.1) is 20.2 Å². The van der Waals surface area contributed by atoms with Crippen LogP contribution in [0.2, 0.25) is 0 Å². The van der Waals surface area contributed by atoms with Gasteiger partial charge < -0.3 is 9.84 Å². The molecule has 0 unspecified atom stereocenters. The second-order valence-electron chi connectivity index (χ2n) is 1.58. The van der Waals surface area contributed by atoms with Crippen LogP contribution in [-0.2, 0) is 4.74 Å². The Morgan fingerprint density at radius 2 is 1.83 bits per heavy atom. The topological polar surface area (TPSA) is 116 Å². The number of rotatable bonds is 4. The van der Waals surface area contributed by atoms with E-state index in [-0.39, 0.29) is 6.61 Å². The summed E-state index contributed by atoms with van der Waals surface area (Å²) in [5, 5.41) is 28.5. The zero-order valence-electron chi connectivity index (χ0n) is 6.09. The summed E-state index contributed by atoms with van der Waals surface area (Å²) < 4.78 is 4.18. The van der Waals surface area contributed by atoms with Gasteiger partial charge in [0.2, 0.25) is 0 Å². The maximum atomic E-state index is 9.92. The van der Waals surface area contributed by atoms with Crippen molar-refractivity contribution in [2.45, 2.75) is 6.92 Å². The molecular formula is C4H6N2O6. The van der Waals surface area contributed by atoms with E-state index in [4.69, 9.17) is 5.11 Å². The average molecular weight is 178 g/mol. The molecule has 0 rings (SSSR count). The van der Waals surface area contributed by atoms with Crippen LogP contribution in [0.3, 0.4) is 0 Å². The first-order chi connectivity index (χ1) is 5.50. The van der Waals surface area contributed by atoms with Crippen LogP contribution in [0.4, 0.5) is 0 Å². The third kappa shape index (κ3) is 2.40. The average Bonchev–Trinajstić information content (AvgIpc) is 1.85. The normalized spacial score (nSPS) is 8.75. The van der Waals surface area contributed by atoms with Crippen molar-refractivity contribution in [3.8, 4) is 0 Å². The van der Waals surface area contributed by atoms with Gasteiger partial charge in [0.05, 0.1) is 6.61 Å². The predicted molar refractivity (Wildman–Crippen MR) is 35.3 cm³/mol. The smallest absolute Gasteiger partial charge is 0.471 e. The Morgan fingerprint density at radius 3 is 2.08 bits per heavy atom. The van der Waals surface area contributed by atoms with Crippen molar-refractivity contribution in [3.05, 3.63) is 32.0 Å². The van der Waals surface area contributed by atoms with Crippen LogP contribution in [0.25, 0.3) is 0 Å². The van der Waals surface area contributed by atoms with Crippen molar-refractivity contribution in [1.82, 2.24) is 0 Å². The van der Waals surface area contributed by atoms with Crippen LogP contribution < -0.4 is 0 Å². The molecule has 0 aromatic carbocycles. The van der Waals surface area contributed by atoms with Gasteiger partial charge in [-0.2, -0.15) is 0 Å². The molecule has 0 aromatic heterocycles. The lowest BCUT2D eigenvalue weighted by atomic mass is 10.7. The number of aliphatic hydroxyl groups excluding tert-OH is 1. The van der Waals surface area contributed by atoms with Gasteiger partial charge in [-0.15, -0.1) is 0 Å². The number of aliphatic hydroxyl groups is 1. The maximum absolute atomic E-state index is 9.92. The number of hydrogen-bond acceptors (Lipinski definition) is 6. The van der Waals surface area contributed by atoms with E-state index in [1.807, 2.05) is 0 Å². The Hall–Kier alpha value is -1.86. The lowest BCUT2D eigenvalue weighted by Gasteiger charge is -1.95. The van der Waals surface area contributed by atoms with E-state index in [0.29, 0.717) is 0 Å². The molecule has 0 atom stereocenters. The molecule has 0 amide bonds. The van der Waals surface area contributed by atoms with E-state index < -0.39 is 21.6 Å². The lowest BCUT2D eigenvalue weighted by molar-refractivity contribution is -0.621. The van der Waals surface area contributed by atoms with Crippen molar-refractivity contribution in [2.24, 2.45) is 0 Å². The van der Waals surface area contributed by atoms with E-state index in [0.717, 1.165) is 0 Å². The molecule has 0 saturated carbocycles. The predicted octanol–water partition coefficient (Wildman–Crippen LogP) is 0.261. The van der Waals surface area contributed by atoms with Crippen LogP contribution in [0.15, 0.2) is 11.8 Å². The zero-order chi connectivity index (χ0) is 9.72. The molecule has 8 nitrogen and oxygen atoms in total. The van der Waals surface area contributed by atoms with Gasteiger partial charge in [0.15, 0.2) is 0 Å². The van der Waals surface area contributed by atoms with E-state index in [2.05, 4.69) is 4.74 Å². The molecule has 0 aliphatic heterocycles. The summed E-state index contributed by atoms with van der Waals surface area (Å²) in [5.74, 6) is -2.84. The number of nitrogens with zero attached hydrogens (tertiary/aromatic N) is 2. The van der Waals surface area contributed by atoms with Gasteiger partial charge >= 0.3 is 11.8 Å². The Balaban J connectivity index is 4.80. The van der Waals surface area contributed by atoms with Crippen molar-refractivity contribution < 1.29 is 19.7 Å². The largest absolute Gasteiger partial charge is 0.640 e. The third-order valence-electron chi connectivity index (χ3n) is 0.818. The first-order valence-corrected chi connectivity index (χ1v) is 2.85. The summed E-state index contributed by atoms with van der Waals surface area (Å²) in [7, 11) is 0. The highest BCUT2D eigenvalue weighted by Crippen LogP contribution is 2.04. The summed E-state index contributed by atoms with van der Waals surface area (Å²) in [4.78, 5) is 17.2. The lowest BCUT2D eigenvalue weighted by Crippen LogP contribution is -2.14.